The number of nitrogens with zero attached hydrogens (tertiary/aromatic N) is 1. The summed E-state index contributed by atoms with van der Waals surface area (Å²) in [5.41, 5.74) is 4.24. The van der Waals surface area contributed by atoms with Crippen molar-refractivity contribution in [1.29, 1.82) is 0 Å². The van der Waals surface area contributed by atoms with Crippen LogP contribution in [0.3, 0.4) is 0 Å². The molecule has 1 atom stereocenters. The van der Waals surface area contributed by atoms with Gasteiger partial charge in [0.05, 0.1) is 12.4 Å². The van der Waals surface area contributed by atoms with Crippen molar-refractivity contribution in [3.8, 4) is 0 Å². The first kappa shape index (κ1) is 10.9. The molecule has 2 rings (SSSR count). The number of H-pyrrole nitrogens is 1. The number of aliphatic hydroxyl groups excluding tert-OH is 1. The van der Waals surface area contributed by atoms with Crippen LogP contribution in [0.1, 0.15) is 28.5 Å². The number of imidazole rings is 1. The molecule has 0 saturated carbocycles. The molecule has 0 bridgehead atoms. The second-order valence-corrected chi connectivity index (χ2v) is 4.10. The van der Waals surface area contributed by atoms with Gasteiger partial charge in [-0.2, -0.15) is 0 Å². The first-order chi connectivity index (χ1) is 7.68. The van der Waals surface area contributed by atoms with Gasteiger partial charge in [-0.25, -0.2) is 4.98 Å². The highest BCUT2D eigenvalue weighted by Crippen LogP contribution is 2.24. The third-order valence-electron chi connectivity index (χ3n) is 2.84. The Morgan fingerprint density at radius 2 is 2.00 bits per heavy atom. The van der Waals surface area contributed by atoms with Crippen molar-refractivity contribution in [3.05, 3.63) is 53.1 Å². The summed E-state index contributed by atoms with van der Waals surface area (Å²) in [6.45, 7) is 4.05. The zero-order chi connectivity index (χ0) is 11.5. The van der Waals surface area contributed by atoms with E-state index in [0.717, 1.165) is 22.4 Å². The van der Waals surface area contributed by atoms with E-state index in [1.54, 1.807) is 12.5 Å². The second kappa shape index (κ2) is 4.49. The molecule has 0 aliphatic carbocycles. The lowest BCUT2D eigenvalue weighted by Crippen LogP contribution is -2.06. The van der Waals surface area contributed by atoms with Crippen LogP contribution in [0.4, 0.5) is 0 Å². The average molecular weight is 216 g/mol. The zero-order valence-electron chi connectivity index (χ0n) is 9.57. The first-order valence-corrected chi connectivity index (χ1v) is 5.40. The highest BCUT2D eigenvalue weighted by molar-refractivity contribution is 5.35. The summed E-state index contributed by atoms with van der Waals surface area (Å²) in [5, 5.41) is 10.2. The van der Waals surface area contributed by atoms with E-state index >= 15 is 0 Å². The SMILES string of the molecule is Cc1cccc(C)c1C(O)Cc1cnc[nH]1. The van der Waals surface area contributed by atoms with Crippen molar-refractivity contribution >= 4 is 0 Å². The van der Waals surface area contributed by atoms with Gasteiger partial charge in [0.15, 0.2) is 0 Å². The molecule has 0 saturated heterocycles. The molecule has 2 aromatic rings. The van der Waals surface area contributed by atoms with E-state index in [0.29, 0.717) is 6.42 Å². The van der Waals surface area contributed by atoms with Crippen molar-refractivity contribution in [1.82, 2.24) is 9.97 Å². The summed E-state index contributed by atoms with van der Waals surface area (Å²) >= 11 is 0. The summed E-state index contributed by atoms with van der Waals surface area (Å²) in [4.78, 5) is 6.95. The van der Waals surface area contributed by atoms with Gasteiger partial charge < -0.3 is 10.1 Å². The van der Waals surface area contributed by atoms with Crippen LogP contribution in [0, 0.1) is 13.8 Å². The number of hydrogen-bond donors (Lipinski definition) is 2. The van der Waals surface area contributed by atoms with Crippen LogP contribution >= 0.6 is 0 Å². The van der Waals surface area contributed by atoms with Crippen LogP contribution in [0.15, 0.2) is 30.7 Å². The Kier molecular flexibility index (Phi) is 3.06. The molecule has 0 spiro atoms. The number of aromatic amines is 1. The first-order valence-electron chi connectivity index (χ1n) is 5.40. The van der Waals surface area contributed by atoms with Gasteiger partial charge in [-0.3, -0.25) is 0 Å². The van der Waals surface area contributed by atoms with E-state index in [-0.39, 0.29) is 0 Å². The maximum atomic E-state index is 10.2. The van der Waals surface area contributed by atoms with E-state index in [1.807, 2.05) is 32.0 Å². The lowest BCUT2D eigenvalue weighted by molar-refractivity contribution is 0.176. The van der Waals surface area contributed by atoms with Crippen LogP contribution < -0.4 is 0 Å². The van der Waals surface area contributed by atoms with Gasteiger partial charge in [0, 0.05) is 18.3 Å². The second-order valence-electron chi connectivity index (χ2n) is 4.10. The number of nitrogens with one attached hydrogen (secondary N) is 1. The number of rotatable bonds is 3. The Balaban J connectivity index is 2.24. The van der Waals surface area contributed by atoms with Gasteiger partial charge in [-0.15, -0.1) is 0 Å². The van der Waals surface area contributed by atoms with E-state index in [4.69, 9.17) is 0 Å². The Hall–Kier alpha value is -1.61. The van der Waals surface area contributed by atoms with Crippen LogP contribution in [0.2, 0.25) is 0 Å². The normalized spacial score (nSPS) is 12.7. The van der Waals surface area contributed by atoms with Crippen LogP contribution in [0.5, 0.6) is 0 Å². The quantitative estimate of drug-likeness (QED) is 0.827. The monoisotopic (exact) mass is 216 g/mol. The molecule has 1 aromatic heterocycles. The van der Waals surface area contributed by atoms with Crippen molar-refractivity contribution in [3.63, 3.8) is 0 Å². The molecule has 0 radical (unpaired) electrons. The minimum Gasteiger partial charge on any atom is -0.388 e. The topological polar surface area (TPSA) is 48.9 Å². The molecule has 1 aromatic carbocycles. The highest BCUT2D eigenvalue weighted by atomic mass is 16.3. The number of hydrogen-bond acceptors (Lipinski definition) is 2. The summed E-state index contributed by atoms with van der Waals surface area (Å²) in [6, 6.07) is 6.06. The molecule has 16 heavy (non-hydrogen) atoms. The lowest BCUT2D eigenvalue weighted by atomic mass is 9.95. The van der Waals surface area contributed by atoms with E-state index in [1.165, 1.54) is 0 Å². The molecule has 1 heterocycles. The van der Waals surface area contributed by atoms with Gasteiger partial charge in [-0.05, 0) is 30.5 Å². The smallest absolute Gasteiger partial charge is 0.0921 e. The van der Waals surface area contributed by atoms with Gasteiger partial charge in [0.2, 0.25) is 0 Å². The molecule has 84 valence electrons. The maximum absolute atomic E-state index is 10.2. The standard InChI is InChI=1S/C13H16N2O/c1-9-4-3-5-10(2)13(9)12(16)6-11-7-14-8-15-11/h3-5,7-8,12,16H,6H2,1-2H3,(H,14,15). The Labute approximate surface area is 95.2 Å². The molecule has 1 unspecified atom stereocenters. The third kappa shape index (κ3) is 2.14. The van der Waals surface area contributed by atoms with Crippen LogP contribution in [-0.4, -0.2) is 15.1 Å². The summed E-state index contributed by atoms with van der Waals surface area (Å²) in [6.07, 6.45) is 3.48. The number of aryl methyl sites for hydroxylation is 2. The van der Waals surface area contributed by atoms with Crippen molar-refractivity contribution in [2.24, 2.45) is 0 Å². The van der Waals surface area contributed by atoms with Gasteiger partial charge >= 0.3 is 0 Å². The number of aliphatic hydroxyl groups is 1. The Bertz CT molecular complexity index is 443. The Morgan fingerprint density at radius 1 is 1.31 bits per heavy atom. The molecule has 0 aliphatic heterocycles. The van der Waals surface area contributed by atoms with Crippen molar-refractivity contribution in [2.45, 2.75) is 26.4 Å². The van der Waals surface area contributed by atoms with Crippen molar-refractivity contribution < 1.29 is 5.11 Å². The molecule has 3 heteroatoms. The van der Waals surface area contributed by atoms with Gasteiger partial charge in [0.25, 0.3) is 0 Å². The summed E-state index contributed by atoms with van der Waals surface area (Å²) in [7, 11) is 0. The predicted molar refractivity (Wildman–Crippen MR) is 63.2 cm³/mol. The summed E-state index contributed by atoms with van der Waals surface area (Å²) in [5.74, 6) is 0. The predicted octanol–water partition coefficient (Wildman–Crippen LogP) is 2.30. The third-order valence-corrected chi connectivity index (χ3v) is 2.84. The largest absolute Gasteiger partial charge is 0.388 e. The van der Waals surface area contributed by atoms with Gasteiger partial charge in [0.1, 0.15) is 0 Å². The van der Waals surface area contributed by atoms with Crippen molar-refractivity contribution in [2.75, 3.05) is 0 Å². The molecule has 0 amide bonds. The number of benzene rings is 1. The minimum atomic E-state index is -0.471. The molecule has 0 fully saturated rings. The number of aromatic nitrogens is 2. The fraction of sp³-hybridized carbons (Fsp3) is 0.308. The lowest BCUT2D eigenvalue weighted by Gasteiger charge is -2.15. The fourth-order valence-corrected chi connectivity index (χ4v) is 2.06. The van der Waals surface area contributed by atoms with E-state index in [9.17, 15) is 5.11 Å². The van der Waals surface area contributed by atoms with Crippen LogP contribution in [0.25, 0.3) is 0 Å². The van der Waals surface area contributed by atoms with Crippen LogP contribution in [-0.2, 0) is 6.42 Å². The molecular weight excluding hydrogens is 200 g/mol. The van der Waals surface area contributed by atoms with Gasteiger partial charge in [-0.1, -0.05) is 18.2 Å². The zero-order valence-corrected chi connectivity index (χ0v) is 9.57. The maximum Gasteiger partial charge on any atom is 0.0921 e. The molecule has 3 nitrogen and oxygen atoms in total. The summed E-state index contributed by atoms with van der Waals surface area (Å²) < 4.78 is 0. The highest BCUT2D eigenvalue weighted by Gasteiger charge is 2.13. The average Bonchev–Trinajstić information content (AvgIpc) is 2.70. The van der Waals surface area contributed by atoms with E-state index < -0.39 is 6.10 Å². The minimum absolute atomic E-state index is 0.471. The Morgan fingerprint density at radius 3 is 2.56 bits per heavy atom. The molecular formula is C13H16N2O. The molecule has 0 aliphatic rings. The van der Waals surface area contributed by atoms with E-state index in [2.05, 4.69) is 9.97 Å². The molecule has 2 N–H and O–H groups in total. The fourth-order valence-electron chi connectivity index (χ4n) is 2.06.